The molecule has 4 heteroatoms. The first kappa shape index (κ1) is 28.9. The van der Waals surface area contributed by atoms with Crippen LogP contribution >= 0.6 is 0 Å². The second kappa shape index (κ2) is 16.4. The fourth-order valence-corrected chi connectivity index (χ4v) is 4.42. The highest BCUT2D eigenvalue weighted by atomic mass is 16.7. The van der Waals surface area contributed by atoms with E-state index in [4.69, 9.17) is 9.47 Å². The van der Waals surface area contributed by atoms with E-state index in [0.29, 0.717) is 12.8 Å². The first-order valence-electron chi connectivity index (χ1n) is 13.7. The Hall–Kier alpha value is -2.33. The minimum Gasteiger partial charge on any atom is -0.455 e. The van der Waals surface area contributed by atoms with Gasteiger partial charge in [0.1, 0.15) is 12.3 Å². The number of para-hydroxylation sites is 1. The predicted octanol–water partition coefficient (Wildman–Crippen LogP) is 7.69. The molecule has 0 heterocycles. The standard InChI is InChI=1S/C31H48NO3/c1-5-7-8-9-10-14-21-28-22-15-16-23-29(28)34-31(6-2)35-30(33)24-17-18-25-32(3,4)26-27-19-12-11-13-20-27/h11-13,15-16,19-20,22-23,31H,5-10,14,17-18,21,24-26H2,1-4H3/q+1. The molecule has 2 aromatic carbocycles. The molecule has 0 N–H and O–H groups in total. The molecule has 2 rings (SSSR count). The average Bonchev–Trinajstić information content (AvgIpc) is 2.85. The molecule has 4 nitrogen and oxygen atoms in total. The van der Waals surface area contributed by atoms with E-state index in [1.54, 1.807) is 0 Å². The van der Waals surface area contributed by atoms with Gasteiger partial charge >= 0.3 is 5.97 Å². The summed E-state index contributed by atoms with van der Waals surface area (Å²) in [5.74, 6) is 0.680. The summed E-state index contributed by atoms with van der Waals surface area (Å²) >= 11 is 0. The molecule has 2 aromatic rings. The maximum absolute atomic E-state index is 12.5. The number of hydrogen-bond acceptors (Lipinski definition) is 3. The fourth-order valence-electron chi connectivity index (χ4n) is 4.42. The third-order valence-corrected chi connectivity index (χ3v) is 6.47. The van der Waals surface area contributed by atoms with Gasteiger partial charge in [-0.05, 0) is 37.3 Å². The summed E-state index contributed by atoms with van der Waals surface area (Å²) < 4.78 is 12.7. The Bertz CT molecular complexity index is 834. The number of rotatable bonds is 18. The number of carbonyl (C=O) groups is 1. The van der Waals surface area contributed by atoms with E-state index in [-0.39, 0.29) is 5.97 Å². The largest absolute Gasteiger partial charge is 0.455 e. The van der Waals surface area contributed by atoms with E-state index in [2.05, 4.69) is 63.5 Å². The summed E-state index contributed by atoms with van der Waals surface area (Å²) in [6.45, 7) is 6.27. The van der Waals surface area contributed by atoms with Crippen molar-refractivity contribution in [3.63, 3.8) is 0 Å². The van der Waals surface area contributed by atoms with Crippen molar-refractivity contribution in [2.75, 3.05) is 20.6 Å². The summed E-state index contributed by atoms with van der Waals surface area (Å²) in [7, 11) is 4.49. The number of esters is 1. The molecule has 0 fully saturated rings. The van der Waals surface area contributed by atoms with Crippen LogP contribution in [-0.4, -0.2) is 37.4 Å². The van der Waals surface area contributed by atoms with E-state index in [1.807, 2.05) is 19.1 Å². The van der Waals surface area contributed by atoms with Crippen LogP contribution in [0.3, 0.4) is 0 Å². The van der Waals surface area contributed by atoms with Crippen molar-refractivity contribution in [2.24, 2.45) is 0 Å². The third kappa shape index (κ3) is 12.3. The quantitative estimate of drug-likeness (QED) is 0.0945. The summed E-state index contributed by atoms with van der Waals surface area (Å²) in [6.07, 6.45) is 11.0. The Kier molecular flexibility index (Phi) is 13.5. The first-order valence-corrected chi connectivity index (χ1v) is 13.7. The van der Waals surface area contributed by atoms with Gasteiger partial charge in [0.15, 0.2) is 0 Å². The van der Waals surface area contributed by atoms with Crippen LogP contribution in [0, 0.1) is 0 Å². The number of nitrogens with zero attached hydrogens (tertiary/aromatic N) is 1. The molecule has 0 spiro atoms. The fraction of sp³-hybridized carbons (Fsp3) is 0.581. The smallest absolute Gasteiger partial charge is 0.308 e. The lowest BCUT2D eigenvalue weighted by molar-refractivity contribution is -0.903. The molecule has 0 aliphatic heterocycles. The van der Waals surface area contributed by atoms with E-state index >= 15 is 0 Å². The highest BCUT2D eigenvalue weighted by Gasteiger charge is 2.18. The molecule has 0 bridgehead atoms. The Morgan fingerprint density at radius 3 is 2.26 bits per heavy atom. The number of unbranched alkanes of at least 4 members (excludes halogenated alkanes) is 6. The maximum atomic E-state index is 12.5. The van der Waals surface area contributed by atoms with Crippen molar-refractivity contribution < 1.29 is 18.8 Å². The second-order valence-electron chi connectivity index (χ2n) is 10.3. The lowest BCUT2D eigenvalue weighted by Gasteiger charge is -2.30. The summed E-state index contributed by atoms with van der Waals surface area (Å²) in [5, 5.41) is 0. The predicted molar refractivity (Wildman–Crippen MR) is 145 cm³/mol. The molecule has 1 atom stereocenters. The Labute approximate surface area is 214 Å². The minimum absolute atomic E-state index is 0.168. The number of carbonyl (C=O) groups excluding carboxylic acids is 1. The Balaban J connectivity index is 1.72. The van der Waals surface area contributed by atoms with Crippen LogP contribution in [0.4, 0.5) is 0 Å². The zero-order valence-electron chi connectivity index (χ0n) is 22.6. The van der Waals surface area contributed by atoms with Gasteiger partial charge < -0.3 is 14.0 Å². The van der Waals surface area contributed by atoms with Gasteiger partial charge in [-0.1, -0.05) is 94.5 Å². The molecule has 0 aliphatic rings. The van der Waals surface area contributed by atoms with Crippen molar-refractivity contribution in [3.8, 4) is 5.75 Å². The number of quaternary nitrogens is 1. The summed E-state index contributed by atoms with van der Waals surface area (Å²) in [4.78, 5) is 12.5. The number of ether oxygens (including phenoxy) is 2. The lowest BCUT2D eigenvalue weighted by atomic mass is 10.0. The molecule has 0 aliphatic carbocycles. The molecule has 0 saturated carbocycles. The minimum atomic E-state index is -0.529. The molecule has 0 radical (unpaired) electrons. The topological polar surface area (TPSA) is 35.5 Å². The zero-order valence-corrected chi connectivity index (χ0v) is 22.6. The number of hydrogen-bond donors (Lipinski definition) is 0. The van der Waals surface area contributed by atoms with Crippen molar-refractivity contribution in [1.29, 1.82) is 0 Å². The highest BCUT2D eigenvalue weighted by Crippen LogP contribution is 2.23. The normalized spacial score (nSPS) is 12.3. The molecule has 0 aromatic heterocycles. The van der Waals surface area contributed by atoms with Gasteiger partial charge in [-0.15, -0.1) is 0 Å². The van der Waals surface area contributed by atoms with E-state index in [1.165, 1.54) is 49.7 Å². The van der Waals surface area contributed by atoms with Crippen molar-refractivity contribution in [1.82, 2.24) is 0 Å². The monoisotopic (exact) mass is 482 g/mol. The molecule has 1 unspecified atom stereocenters. The molecule has 194 valence electrons. The average molecular weight is 483 g/mol. The van der Waals surface area contributed by atoms with Crippen LogP contribution in [0.2, 0.25) is 0 Å². The molecular formula is C31H48NO3+. The van der Waals surface area contributed by atoms with Gasteiger partial charge in [0, 0.05) is 18.4 Å². The number of aryl methyl sites for hydroxylation is 1. The maximum Gasteiger partial charge on any atom is 0.308 e. The number of benzene rings is 2. The molecule has 35 heavy (non-hydrogen) atoms. The van der Waals surface area contributed by atoms with Gasteiger partial charge in [0.05, 0.1) is 20.6 Å². The van der Waals surface area contributed by atoms with Crippen LogP contribution in [0.25, 0.3) is 0 Å². The van der Waals surface area contributed by atoms with E-state index < -0.39 is 6.29 Å². The molecular weight excluding hydrogens is 434 g/mol. The zero-order chi connectivity index (χ0) is 25.4. The van der Waals surface area contributed by atoms with Crippen molar-refractivity contribution in [3.05, 3.63) is 65.7 Å². The molecule has 0 saturated heterocycles. The van der Waals surface area contributed by atoms with Crippen LogP contribution in [0.5, 0.6) is 5.75 Å². The van der Waals surface area contributed by atoms with Gasteiger partial charge in [0.2, 0.25) is 6.29 Å². The third-order valence-electron chi connectivity index (χ3n) is 6.47. The van der Waals surface area contributed by atoms with Gasteiger partial charge in [-0.3, -0.25) is 4.79 Å². The summed E-state index contributed by atoms with van der Waals surface area (Å²) in [6, 6.07) is 18.8. The SMILES string of the molecule is CCCCCCCCc1ccccc1OC(CC)OC(=O)CCCC[N+](C)(C)Cc1ccccc1. The van der Waals surface area contributed by atoms with Crippen LogP contribution in [-0.2, 0) is 22.5 Å². The molecule has 0 amide bonds. The van der Waals surface area contributed by atoms with Crippen molar-refractivity contribution >= 4 is 5.97 Å². The lowest BCUT2D eigenvalue weighted by Crippen LogP contribution is -2.39. The van der Waals surface area contributed by atoms with Gasteiger partial charge in [-0.25, -0.2) is 0 Å². The highest BCUT2D eigenvalue weighted by molar-refractivity contribution is 5.69. The first-order chi connectivity index (χ1) is 16.9. The Morgan fingerprint density at radius 2 is 1.51 bits per heavy atom. The van der Waals surface area contributed by atoms with Gasteiger partial charge in [0.25, 0.3) is 0 Å². The van der Waals surface area contributed by atoms with Crippen molar-refractivity contribution in [2.45, 2.75) is 97.3 Å². The van der Waals surface area contributed by atoms with E-state index in [9.17, 15) is 4.79 Å². The van der Waals surface area contributed by atoms with Crippen LogP contribution < -0.4 is 4.74 Å². The van der Waals surface area contributed by atoms with Crippen LogP contribution in [0.15, 0.2) is 54.6 Å². The second-order valence-corrected chi connectivity index (χ2v) is 10.3. The summed E-state index contributed by atoms with van der Waals surface area (Å²) in [5.41, 5.74) is 2.55. The van der Waals surface area contributed by atoms with Crippen LogP contribution in [0.1, 0.15) is 89.2 Å². The van der Waals surface area contributed by atoms with Gasteiger partial charge in [-0.2, -0.15) is 0 Å². The van der Waals surface area contributed by atoms with E-state index in [0.717, 1.165) is 42.6 Å². The Morgan fingerprint density at radius 1 is 0.829 bits per heavy atom.